The van der Waals surface area contributed by atoms with Crippen LogP contribution in [0.1, 0.15) is 16.7 Å². The van der Waals surface area contributed by atoms with Gasteiger partial charge in [0.15, 0.2) is 0 Å². The van der Waals surface area contributed by atoms with E-state index >= 15 is 0 Å². The lowest BCUT2D eigenvalue weighted by Crippen LogP contribution is -2.12. The Morgan fingerprint density at radius 3 is 2.17 bits per heavy atom. The Labute approximate surface area is 105 Å². The van der Waals surface area contributed by atoms with Crippen molar-refractivity contribution in [2.24, 2.45) is 0 Å². The third-order valence-electron chi connectivity index (χ3n) is 2.81. The van der Waals surface area contributed by atoms with E-state index < -0.39 is 0 Å². The van der Waals surface area contributed by atoms with Gasteiger partial charge in [0, 0.05) is 13.1 Å². The van der Waals surface area contributed by atoms with Crippen LogP contribution in [-0.2, 0) is 13.1 Å². The molecule has 0 saturated carbocycles. The summed E-state index contributed by atoms with van der Waals surface area (Å²) in [4.78, 5) is 0. The Balaban J connectivity index is 1.88. The SMILES string of the molecule is Cc1ccc(CNCc2ccc(F)cc2)cc1F. The molecule has 0 aliphatic rings. The summed E-state index contributed by atoms with van der Waals surface area (Å²) in [7, 11) is 0. The molecule has 0 atom stereocenters. The van der Waals surface area contributed by atoms with Crippen molar-refractivity contribution in [3.63, 3.8) is 0 Å². The van der Waals surface area contributed by atoms with Gasteiger partial charge in [-0.3, -0.25) is 0 Å². The molecule has 0 aliphatic heterocycles. The van der Waals surface area contributed by atoms with E-state index in [4.69, 9.17) is 0 Å². The van der Waals surface area contributed by atoms with Crippen LogP contribution >= 0.6 is 0 Å². The van der Waals surface area contributed by atoms with Gasteiger partial charge in [0.1, 0.15) is 11.6 Å². The van der Waals surface area contributed by atoms with Crippen molar-refractivity contribution in [1.29, 1.82) is 0 Å². The summed E-state index contributed by atoms with van der Waals surface area (Å²) >= 11 is 0. The fourth-order valence-corrected chi connectivity index (χ4v) is 1.70. The molecule has 2 rings (SSSR count). The molecule has 1 N–H and O–H groups in total. The monoisotopic (exact) mass is 247 g/mol. The molecule has 0 bridgehead atoms. The summed E-state index contributed by atoms with van der Waals surface area (Å²) in [5.41, 5.74) is 2.56. The molecule has 18 heavy (non-hydrogen) atoms. The zero-order valence-electron chi connectivity index (χ0n) is 10.2. The van der Waals surface area contributed by atoms with E-state index in [1.54, 1.807) is 25.1 Å². The van der Waals surface area contributed by atoms with Crippen molar-refractivity contribution in [2.45, 2.75) is 20.0 Å². The highest BCUT2D eigenvalue weighted by atomic mass is 19.1. The minimum absolute atomic E-state index is 0.184. The van der Waals surface area contributed by atoms with Gasteiger partial charge >= 0.3 is 0 Å². The minimum Gasteiger partial charge on any atom is -0.309 e. The maximum absolute atomic E-state index is 13.3. The maximum Gasteiger partial charge on any atom is 0.126 e. The smallest absolute Gasteiger partial charge is 0.126 e. The van der Waals surface area contributed by atoms with Crippen molar-refractivity contribution in [1.82, 2.24) is 5.32 Å². The van der Waals surface area contributed by atoms with Crippen LogP contribution in [0.4, 0.5) is 8.78 Å². The number of nitrogens with one attached hydrogen (secondary N) is 1. The first-order chi connectivity index (χ1) is 8.65. The second-order valence-corrected chi connectivity index (χ2v) is 4.31. The first-order valence-electron chi connectivity index (χ1n) is 5.85. The Morgan fingerprint density at radius 2 is 1.50 bits per heavy atom. The molecular formula is C15H15F2N. The zero-order chi connectivity index (χ0) is 13.0. The van der Waals surface area contributed by atoms with Crippen LogP contribution in [0.15, 0.2) is 42.5 Å². The lowest BCUT2D eigenvalue weighted by molar-refractivity contribution is 0.610. The van der Waals surface area contributed by atoms with E-state index in [1.165, 1.54) is 18.2 Å². The molecule has 0 fully saturated rings. The van der Waals surface area contributed by atoms with Crippen LogP contribution in [0.3, 0.4) is 0 Å². The number of hydrogen-bond donors (Lipinski definition) is 1. The molecule has 3 heteroatoms. The Kier molecular flexibility index (Phi) is 4.05. The molecule has 0 amide bonds. The predicted molar refractivity (Wildman–Crippen MR) is 68.1 cm³/mol. The standard InChI is InChI=1S/C15H15F2N/c1-11-2-3-13(8-15(11)17)10-18-9-12-4-6-14(16)7-5-12/h2-8,18H,9-10H2,1H3. The van der Waals surface area contributed by atoms with Gasteiger partial charge in [-0.1, -0.05) is 24.3 Å². The third kappa shape index (κ3) is 3.37. The van der Waals surface area contributed by atoms with Crippen LogP contribution in [0.2, 0.25) is 0 Å². The first-order valence-corrected chi connectivity index (χ1v) is 5.85. The Hall–Kier alpha value is -1.74. The van der Waals surface area contributed by atoms with Gasteiger partial charge in [-0.25, -0.2) is 8.78 Å². The minimum atomic E-state index is -0.237. The largest absolute Gasteiger partial charge is 0.309 e. The summed E-state index contributed by atoms with van der Waals surface area (Å²) in [6.45, 7) is 2.97. The summed E-state index contributed by atoms with van der Waals surface area (Å²) < 4.78 is 26.0. The van der Waals surface area contributed by atoms with Crippen molar-refractivity contribution in [3.8, 4) is 0 Å². The van der Waals surface area contributed by atoms with Crippen molar-refractivity contribution in [2.75, 3.05) is 0 Å². The number of rotatable bonds is 4. The fourth-order valence-electron chi connectivity index (χ4n) is 1.70. The normalized spacial score (nSPS) is 10.6. The van der Waals surface area contributed by atoms with Gasteiger partial charge in [0.05, 0.1) is 0 Å². The first kappa shape index (κ1) is 12.7. The van der Waals surface area contributed by atoms with E-state index in [1.807, 2.05) is 6.07 Å². The number of aryl methyl sites for hydroxylation is 1. The van der Waals surface area contributed by atoms with Gasteiger partial charge < -0.3 is 5.32 Å². The summed E-state index contributed by atoms with van der Waals surface area (Å²) in [6, 6.07) is 11.5. The second kappa shape index (κ2) is 5.74. The lowest BCUT2D eigenvalue weighted by atomic mass is 10.1. The van der Waals surface area contributed by atoms with Gasteiger partial charge in [-0.2, -0.15) is 0 Å². The van der Waals surface area contributed by atoms with Crippen LogP contribution in [-0.4, -0.2) is 0 Å². The summed E-state index contributed by atoms with van der Waals surface area (Å²) in [5, 5.41) is 3.19. The summed E-state index contributed by atoms with van der Waals surface area (Å²) in [6.07, 6.45) is 0. The molecule has 0 spiro atoms. The van der Waals surface area contributed by atoms with Crippen LogP contribution in [0.5, 0.6) is 0 Å². The lowest BCUT2D eigenvalue weighted by Gasteiger charge is -2.06. The van der Waals surface area contributed by atoms with Gasteiger partial charge in [-0.05, 0) is 41.8 Å². The van der Waals surface area contributed by atoms with Gasteiger partial charge in [-0.15, -0.1) is 0 Å². The number of hydrogen-bond acceptors (Lipinski definition) is 1. The van der Waals surface area contributed by atoms with Crippen molar-refractivity contribution >= 4 is 0 Å². The van der Waals surface area contributed by atoms with Gasteiger partial charge in [0.25, 0.3) is 0 Å². The molecule has 0 aromatic heterocycles. The quantitative estimate of drug-likeness (QED) is 0.871. The highest BCUT2D eigenvalue weighted by Gasteiger charge is 1.99. The molecular weight excluding hydrogens is 232 g/mol. The number of halogens is 2. The highest BCUT2D eigenvalue weighted by Crippen LogP contribution is 2.09. The zero-order valence-corrected chi connectivity index (χ0v) is 10.2. The van der Waals surface area contributed by atoms with Crippen molar-refractivity contribution < 1.29 is 8.78 Å². The summed E-state index contributed by atoms with van der Waals surface area (Å²) in [5.74, 6) is -0.421. The van der Waals surface area contributed by atoms with E-state index in [2.05, 4.69) is 5.32 Å². The average Bonchev–Trinajstić information content (AvgIpc) is 2.36. The van der Waals surface area contributed by atoms with Crippen LogP contribution < -0.4 is 5.32 Å². The van der Waals surface area contributed by atoms with Crippen molar-refractivity contribution in [3.05, 3.63) is 70.8 Å². The van der Waals surface area contributed by atoms with Gasteiger partial charge in [0.2, 0.25) is 0 Å². The fraction of sp³-hybridized carbons (Fsp3) is 0.200. The topological polar surface area (TPSA) is 12.0 Å². The second-order valence-electron chi connectivity index (χ2n) is 4.31. The van der Waals surface area contributed by atoms with E-state index in [9.17, 15) is 8.78 Å². The molecule has 0 heterocycles. The predicted octanol–water partition coefficient (Wildman–Crippen LogP) is 3.56. The molecule has 0 unspecified atom stereocenters. The van der Waals surface area contributed by atoms with Crippen LogP contribution in [0, 0.1) is 18.6 Å². The molecule has 0 aliphatic carbocycles. The highest BCUT2D eigenvalue weighted by molar-refractivity contribution is 5.23. The molecule has 2 aromatic carbocycles. The van der Waals surface area contributed by atoms with E-state index in [0.29, 0.717) is 18.7 Å². The average molecular weight is 247 g/mol. The van der Waals surface area contributed by atoms with E-state index in [-0.39, 0.29) is 11.6 Å². The molecule has 0 radical (unpaired) electrons. The molecule has 94 valence electrons. The van der Waals surface area contributed by atoms with E-state index in [0.717, 1.165) is 11.1 Å². The molecule has 0 saturated heterocycles. The number of benzene rings is 2. The van der Waals surface area contributed by atoms with Crippen LogP contribution in [0.25, 0.3) is 0 Å². The third-order valence-corrected chi connectivity index (χ3v) is 2.81. The Morgan fingerprint density at radius 1 is 0.889 bits per heavy atom. The molecule has 1 nitrogen and oxygen atoms in total. The Bertz CT molecular complexity index is 521. The maximum atomic E-state index is 13.3. The molecule has 2 aromatic rings.